The maximum atomic E-state index is 13.0. The van der Waals surface area contributed by atoms with Gasteiger partial charge in [0.2, 0.25) is 5.91 Å². The molecule has 1 aromatic heterocycles. The number of carbonyl (C=O) groups is 1. The van der Waals surface area contributed by atoms with E-state index < -0.39 is 0 Å². The summed E-state index contributed by atoms with van der Waals surface area (Å²) in [5.41, 5.74) is 1.29. The van der Waals surface area contributed by atoms with Crippen LogP contribution in [0.15, 0.2) is 43.0 Å². The molecule has 0 N–H and O–H groups in total. The first-order chi connectivity index (χ1) is 13.2. The Morgan fingerprint density at radius 3 is 2.67 bits per heavy atom. The Kier molecular flexibility index (Phi) is 5.79. The van der Waals surface area contributed by atoms with Crippen LogP contribution in [-0.4, -0.2) is 50.4 Å². The minimum absolute atomic E-state index is 0.219. The Morgan fingerprint density at radius 2 is 1.89 bits per heavy atom. The summed E-state index contributed by atoms with van der Waals surface area (Å²) < 4.78 is 1.87. The van der Waals surface area contributed by atoms with Gasteiger partial charge in [-0.15, -0.1) is 0 Å². The number of nitrogens with zero attached hydrogens (tertiary/aromatic N) is 4. The summed E-state index contributed by atoms with van der Waals surface area (Å²) in [4.78, 5) is 21.8. The van der Waals surface area contributed by atoms with Gasteiger partial charge in [0, 0.05) is 42.6 Å². The van der Waals surface area contributed by atoms with Crippen molar-refractivity contribution in [1.82, 2.24) is 19.4 Å². The van der Waals surface area contributed by atoms with E-state index in [4.69, 9.17) is 11.6 Å². The maximum absolute atomic E-state index is 13.0. The Balaban J connectivity index is 1.49. The maximum Gasteiger partial charge on any atom is 0.242 e. The number of amides is 1. The van der Waals surface area contributed by atoms with Crippen LogP contribution >= 0.6 is 11.6 Å². The molecule has 3 heterocycles. The second-order valence-electron chi connectivity index (χ2n) is 7.69. The molecule has 0 saturated carbocycles. The van der Waals surface area contributed by atoms with Crippen molar-refractivity contribution in [2.75, 3.05) is 13.1 Å². The van der Waals surface area contributed by atoms with Crippen molar-refractivity contribution in [3.63, 3.8) is 0 Å². The van der Waals surface area contributed by atoms with Crippen molar-refractivity contribution in [2.24, 2.45) is 0 Å². The number of likely N-dealkylation sites (tertiary alicyclic amines) is 2. The van der Waals surface area contributed by atoms with Gasteiger partial charge in [0.1, 0.15) is 6.54 Å². The molecule has 2 aliphatic rings. The highest BCUT2D eigenvalue weighted by molar-refractivity contribution is 6.30. The molecule has 2 atom stereocenters. The van der Waals surface area contributed by atoms with Crippen molar-refractivity contribution in [3.05, 3.63) is 53.6 Å². The highest BCUT2D eigenvalue weighted by atomic mass is 35.5. The fraction of sp³-hybridized carbons (Fsp3) is 0.524. The standard InChI is InChI=1S/C21H27ClN4O/c22-18-8-6-17(7-9-18)14-25-11-2-1-4-20-19(25)5-3-12-26(20)21(27)15-24-13-10-23-16-24/h6-10,13,16,19-20H,1-5,11-12,14-15H2/t19-,20-/m1/s1. The third-order valence-corrected chi connectivity index (χ3v) is 6.16. The second kappa shape index (κ2) is 8.44. The summed E-state index contributed by atoms with van der Waals surface area (Å²) in [5, 5.41) is 0.779. The van der Waals surface area contributed by atoms with E-state index in [1.54, 1.807) is 12.5 Å². The average molecular weight is 387 g/mol. The lowest BCUT2D eigenvalue weighted by molar-refractivity contribution is -0.137. The zero-order valence-electron chi connectivity index (χ0n) is 15.6. The first kappa shape index (κ1) is 18.5. The van der Waals surface area contributed by atoms with E-state index in [0.717, 1.165) is 37.5 Å². The highest BCUT2D eigenvalue weighted by Gasteiger charge is 2.38. The molecule has 2 saturated heterocycles. The normalized spacial score (nSPS) is 23.7. The van der Waals surface area contributed by atoms with Crippen LogP contribution in [0.1, 0.15) is 37.7 Å². The van der Waals surface area contributed by atoms with Crippen LogP contribution in [0.25, 0.3) is 0 Å². The molecule has 2 aliphatic heterocycles. The number of imidazole rings is 1. The van der Waals surface area contributed by atoms with Crippen LogP contribution in [0.5, 0.6) is 0 Å². The third-order valence-electron chi connectivity index (χ3n) is 5.90. The van der Waals surface area contributed by atoms with Crippen molar-refractivity contribution in [3.8, 4) is 0 Å². The first-order valence-electron chi connectivity index (χ1n) is 9.94. The second-order valence-corrected chi connectivity index (χ2v) is 8.13. The molecule has 2 aromatic rings. The van der Waals surface area contributed by atoms with Gasteiger partial charge in [0.15, 0.2) is 0 Å². The minimum Gasteiger partial charge on any atom is -0.337 e. The molecule has 27 heavy (non-hydrogen) atoms. The number of halogens is 1. The van der Waals surface area contributed by atoms with E-state index in [1.165, 1.54) is 24.8 Å². The number of fused-ring (bicyclic) bond motifs is 1. The average Bonchev–Trinajstić information content (AvgIpc) is 3.10. The van der Waals surface area contributed by atoms with E-state index in [1.807, 2.05) is 22.9 Å². The number of hydrogen-bond acceptors (Lipinski definition) is 3. The van der Waals surface area contributed by atoms with Gasteiger partial charge in [-0.3, -0.25) is 9.69 Å². The van der Waals surface area contributed by atoms with Crippen LogP contribution in [0.4, 0.5) is 0 Å². The van der Waals surface area contributed by atoms with Gasteiger partial charge in [-0.05, 0) is 49.9 Å². The lowest BCUT2D eigenvalue weighted by Crippen LogP contribution is -2.56. The van der Waals surface area contributed by atoms with Gasteiger partial charge in [-0.2, -0.15) is 0 Å². The van der Waals surface area contributed by atoms with Crippen molar-refractivity contribution in [1.29, 1.82) is 0 Å². The molecule has 144 valence electrons. The number of carbonyl (C=O) groups excluding carboxylic acids is 1. The largest absolute Gasteiger partial charge is 0.337 e. The van der Waals surface area contributed by atoms with Gasteiger partial charge in [-0.1, -0.05) is 30.2 Å². The Labute approximate surface area is 165 Å². The molecular formula is C21H27ClN4O. The SMILES string of the molecule is O=C(Cn1ccnc1)N1CCC[C@@H]2[C@H]1CCCCN2Cc1ccc(Cl)cc1. The van der Waals surface area contributed by atoms with Crippen LogP contribution in [0.3, 0.4) is 0 Å². The summed E-state index contributed by atoms with van der Waals surface area (Å²) in [6.45, 7) is 3.30. The van der Waals surface area contributed by atoms with Crippen molar-refractivity contribution >= 4 is 17.5 Å². The Morgan fingerprint density at radius 1 is 1.07 bits per heavy atom. The third kappa shape index (κ3) is 4.36. The molecule has 1 aromatic carbocycles. The van der Waals surface area contributed by atoms with Crippen LogP contribution in [0.2, 0.25) is 5.02 Å². The minimum atomic E-state index is 0.219. The summed E-state index contributed by atoms with van der Waals surface area (Å²) in [5.74, 6) is 0.219. The summed E-state index contributed by atoms with van der Waals surface area (Å²) >= 11 is 6.04. The number of piperidine rings is 1. The summed E-state index contributed by atoms with van der Waals surface area (Å²) in [6, 6.07) is 8.94. The summed E-state index contributed by atoms with van der Waals surface area (Å²) in [6.07, 6.45) is 11.1. The highest BCUT2D eigenvalue weighted by Crippen LogP contribution is 2.31. The lowest BCUT2D eigenvalue weighted by atomic mass is 9.92. The molecule has 0 bridgehead atoms. The Hall–Kier alpha value is -1.85. The molecule has 6 heteroatoms. The smallest absolute Gasteiger partial charge is 0.242 e. The van der Waals surface area contributed by atoms with Gasteiger partial charge in [0.05, 0.1) is 6.33 Å². The molecule has 0 unspecified atom stereocenters. The molecule has 4 rings (SSSR count). The van der Waals surface area contributed by atoms with E-state index >= 15 is 0 Å². The fourth-order valence-electron chi connectivity index (χ4n) is 4.60. The van der Waals surface area contributed by atoms with Crippen LogP contribution in [-0.2, 0) is 17.9 Å². The van der Waals surface area contributed by atoms with Gasteiger partial charge < -0.3 is 9.47 Å². The zero-order chi connectivity index (χ0) is 18.6. The molecule has 0 radical (unpaired) electrons. The quantitative estimate of drug-likeness (QED) is 0.806. The van der Waals surface area contributed by atoms with E-state index in [0.29, 0.717) is 18.6 Å². The monoisotopic (exact) mass is 386 g/mol. The topological polar surface area (TPSA) is 41.4 Å². The van der Waals surface area contributed by atoms with E-state index in [2.05, 4.69) is 26.9 Å². The zero-order valence-corrected chi connectivity index (χ0v) is 16.4. The number of benzene rings is 1. The molecule has 1 amide bonds. The predicted octanol–water partition coefficient (Wildman–Crippen LogP) is 3.58. The van der Waals surface area contributed by atoms with Crippen molar-refractivity contribution in [2.45, 2.75) is 57.3 Å². The first-order valence-corrected chi connectivity index (χ1v) is 10.3. The van der Waals surface area contributed by atoms with Crippen molar-refractivity contribution < 1.29 is 4.79 Å². The van der Waals surface area contributed by atoms with Crippen LogP contribution in [0, 0.1) is 0 Å². The fourth-order valence-corrected chi connectivity index (χ4v) is 4.73. The molecule has 0 aliphatic carbocycles. The number of rotatable bonds is 4. The Bertz CT molecular complexity index is 746. The molecular weight excluding hydrogens is 360 g/mol. The lowest BCUT2D eigenvalue weighted by Gasteiger charge is -2.45. The van der Waals surface area contributed by atoms with E-state index in [9.17, 15) is 4.79 Å². The number of hydrogen-bond donors (Lipinski definition) is 0. The number of aromatic nitrogens is 2. The van der Waals surface area contributed by atoms with Gasteiger partial charge >= 0.3 is 0 Å². The molecule has 5 nitrogen and oxygen atoms in total. The van der Waals surface area contributed by atoms with Gasteiger partial charge in [0.25, 0.3) is 0 Å². The van der Waals surface area contributed by atoms with E-state index in [-0.39, 0.29) is 5.91 Å². The summed E-state index contributed by atoms with van der Waals surface area (Å²) in [7, 11) is 0. The molecule has 0 spiro atoms. The van der Waals surface area contributed by atoms with Gasteiger partial charge in [-0.25, -0.2) is 4.98 Å². The van der Waals surface area contributed by atoms with Crippen LogP contribution < -0.4 is 0 Å². The predicted molar refractivity (Wildman–Crippen MR) is 106 cm³/mol. The molecule has 2 fully saturated rings.